The van der Waals surface area contributed by atoms with E-state index in [1.165, 1.54) is 5.56 Å². The second-order valence-corrected chi connectivity index (χ2v) is 6.73. The smallest absolute Gasteiger partial charge is 0.321 e. The summed E-state index contributed by atoms with van der Waals surface area (Å²) in [6.45, 7) is 3.70. The molecule has 0 unspecified atom stereocenters. The Bertz CT molecular complexity index is 761. The first-order valence-corrected chi connectivity index (χ1v) is 9.06. The Balaban J connectivity index is 1.53. The summed E-state index contributed by atoms with van der Waals surface area (Å²) < 4.78 is 0. The second-order valence-electron chi connectivity index (χ2n) is 6.73. The van der Waals surface area contributed by atoms with E-state index in [-0.39, 0.29) is 17.9 Å². The lowest BCUT2D eigenvalue weighted by atomic mass is 9.97. The van der Waals surface area contributed by atoms with E-state index in [1.54, 1.807) is 4.90 Å². The molecular weight excluding hydrogens is 326 g/mol. The van der Waals surface area contributed by atoms with Gasteiger partial charge in [0, 0.05) is 25.3 Å². The Labute approximate surface area is 154 Å². The van der Waals surface area contributed by atoms with Crippen LogP contribution in [0.5, 0.6) is 0 Å². The molecule has 1 aliphatic rings. The second kappa shape index (κ2) is 8.52. The van der Waals surface area contributed by atoms with Crippen LogP contribution in [0.2, 0.25) is 0 Å². The molecule has 1 saturated heterocycles. The molecule has 5 nitrogen and oxygen atoms in total. The van der Waals surface area contributed by atoms with Crippen LogP contribution in [0, 0.1) is 12.8 Å². The van der Waals surface area contributed by atoms with Gasteiger partial charge >= 0.3 is 6.03 Å². The molecular formula is C21H25N3O2. The molecule has 136 valence electrons. The molecule has 0 radical (unpaired) electrons. The number of hydrogen-bond acceptors (Lipinski definition) is 2. The van der Waals surface area contributed by atoms with Gasteiger partial charge in [-0.2, -0.15) is 0 Å². The van der Waals surface area contributed by atoms with Crippen LogP contribution in [-0.2, 0) is 11.3 Å². The number of carbonyl (C=O) groups excluding carboxylic acids is 2. The predicted octanol–water partition coefficient (Wildman–Crippen LogP) is 3.56. The quantitative estimate of drug-likeness (QED) is 0.885. The van der Waals surface area contributed by atoms with Gasteiger partial charge in [-0.15, -0.1) is 0 Å². The number of piperidine rings is 1. The molecule has 0 saturated carbocycles. The Morgan fingerprint density at radius 3 is 2.58 bits per heavy atom. The molecule has 2 N–H and O–H groups in total. The molecule has 26 heavy (non-hydrogen) atoms. The fraction of sp³-hybridized carbons (Fsp3) is 0.333. The third-order valence-corrected chi connectivity index (χ3v) is 4.82. The topological polar surface area (TPSA) is 61.4 Å². The van der Waals surface area contributed by atoms with Gasteiger partial charge in [0.2, 0.25) is 5.91 Å². The Hall–Kier alpha value is -2.82. The molecule has 0 aliphatic carbocycles. The van der Waals surface area contributed by atoms with Crippen molar-refractivity contribution in [2.45, 2.75) is 26.3 Å². The number of likely N-dealkylation sites (tertiary alicyclic amines) is 1. The van der Waals surface area contributed by atoms with Crippen LogP contribution in [0.15, 0.2) is 54.6 Å². The summed E-state index contributed by atoms with van der Waals surface area (Å²) in [5, 5.41) is 5.91. The van der Waals surface area contributed by atoms with E-state index in [0.29, 0.717) is 19.6 Å². The van der Waals surface area contributed by atoms with Crippen LogP contribution in [0.1, 0.15) is 24.0 Å². The number of nitrogens with zero attached hydrogens (tertiary/aromatic N) is 1. The standard InChI is InChI=1S/C21H25N3O2/c1-16-8-5-6-9-17(16)14-22-20(25)18-10-7-13-24(15-18)21(26)23-19-11-3-2-4-12-19/h2-6,8-9,11-12,18H,7,10,13-15H2,1H3,(H,22,25)(H,23,26)/t18-/m0/s1. The fourth-order valence-electron chi connectivity index (χ4n) is 3.23. The van der Waals surface area contributed by atoms with Gasteiger partial charge in [0.1, 0.15) is 0 Å². The van der Waals surface area contributed by atoms with Crippen LogP contribution < -0.4 is 10.6 Å². The molecule has 1 aliphatic heterocycles. The third kappa shape index (κ3) is 4.63. The number of aryl methyl sites for hydroxylation is 1. The fourth-order valence-corrected chi connectivity index (χ4v) is 3.23. The summed E-state index contributed by atoms with van der Waals surface area (Å²) in [5.74, 6) is -0.139. The van der Waals surface area contributed by atoms with Crippen LogP contribution in [0.4, 0.5) is 10.5 Å². The van der Waals surface area contributed by atoms with E-state index in [0.717, 1.165) is 24.1 Å². The molecule has 1 atom stereocenters. The molecule has 1 fully saturated rings. The monoisotopic (exact) mass is 351 g/mol. The van der Waals surface area contributed by atoms with E-state index < -0.39 is 0 Å². The highest BCUT2D eigenvalue weighted by molar-refractivity contribution is 5.90. The summed E-state index contributed by atoms with van der Waals surface area (Å²) in [4.78, 5) is 26.7. The average molecular weight is 351 g/mol. The number of amides is 3. The lowest BCUT2D eigenvalue weighted by Crippen LogP contribution is -2.46. The first kappa shape index (κ1) is 18.0. The zero-order chi connectivity index (χ0) is 18.4. The van der Waals surface area contributed by atoms with Gasteiger partial charge in [-0.05, 0) is 43.0 Å². The van der Waals surface area contributed by atoms with E-state index in [9.17, 15) is 9.59 Å². The minimum atomic E-state index is -0.158. The average Bonchev–Trinajstić information content (AvgIpc) is 2.68. The molecule has 0 aromatic heterocycles. The highest BCUT2D eigenvalue weighted by Gasteiger charge is 2.28. The minimum Gasteiger partial charge on any atom is -0.352 e. The van der Waals surface area contributed by atoms with Crippen molar-refractivity contribution in [1.82, 2.24) is 10.2 Å². The molecule has 5 heteroatoms. The third-order valence-electron chi connectivity index (χ3n) is 4.82. The highest BCUT2D eigenvalue weighted by Crippen LogP contribution is 2.18. The zero-order valence-electron chi connectivity index (χ0n) is 15.1. The molecule has 3 rings (SSSR count). The van der Waals surface area contributed by atoms with Gasteiger partial charge in [0.15, 0.2) is 0 Å². The minimum absolute atomic E-state index is 0.0189. The number of rotatable bonds is 4. The molecule has 2 aromatic rings. The van der Waals surface area contributed by atoms with E-state index in [2.05, 4.69) is 10.6 Å². The summed E-state index contributed by atoms with van der Waals surface area (Å²) >= 11 is 0. The summed E-state index contributed by atoms with van der Waals surface area (Å²) in [7, 11) is 0. The van der Waals surface area contributed by atoms with E-state index in [4.69, 9.17) is 0 Å². The first-order chi connectivity index (χ1) is 12.6. The normalized spacial score (nSPS) is 16.8. The lowest BCUT2D eigenvalue weighted by Gasteiger charge is -2.32. The SMILES string of the molecule is Cc1ccccc1CNC(=O)[C@H]1CCCN(C(=O)Nc2ccccc2)C1. The van der Waals surface area contributed by atoms with Crippen molar-refractivity contribution >= 4 is 17.6 Å². The number of hydrogen-bond donors (Lipinski definition) is 2. The zero-order valence-corrected chi connectivity index (χ0v) is 15.1. The van der Waals surface area contributed by atoms with Crippen molar-refractivity contribution < 1.29 is 9.59 Å². The van der Waals surface area contributed by atoms with Gasteiger partial charge in [-0.1, -0.05) is 42.5 Å². The van der Waals surface area contributed by atoms with Gasteiger partial charge < -0.3 is 15.5 Å². The van der Waals surface area contributed by atoms with Gasteiger partial charge in [-0.3, -0.25) is 4.79 Å². The summed E-state index contributed by atoms with van der Waals surface area (Å²) in [5.41, 5.74) is 3.05. The van der Waals surface area contributed by atoms with E-state index >= 15 is 0 Å². The number of para-hydroxylation sites is 1. The maximum Gasteiger partial charge on any atom is 0.321 e. The van der Waals surface area contributed by atoms with E-state index in [1.807, 2.05) is 61.5 Å². The maximum absolute atomic E-state index is 12.5. The van der Waals surface area contributed by atoms with Crippen molar-refractivity contribution in [1.29, 1.82) is 0 Å². The number of urea groups is 1. The van der Waals surface area contributed by atoms with Crippen molar-refractivity contribution in [2.24, 2.45) is 5.92 Å². The number of carbonyl (C=O) groups is 2. The number of benzene rings is 2. The van der Waals surface area contributed by atoms with Crippen molar-refractivity contribution in [3.63, 3.8) is 0 Å². The molecule has 0 spiro atoms. The van der Waals surface area contributed by atoms with Crippen LogP contribution in [0.25, 0.3) is 0 Å². The van der Waals surface area contributed by atoms with Gasteiger partial charge in [-0.25, -0.2) is 4.79 Å². The van der Waals surface area contributed by atoms with Crippen molar-refractivity contribution in [2.75, 3.05) is 18.4 Å². The molecule has 0 bridgehead atoms. The summed E-state index contributed by atoms with van der Waals surface area (Å²) in [6.07, 6.45) is 1.65. The van der Waals surface area contributed by atoms with Gasteiger partial charge in [0.05, 0.1) is 5.92 Å². The Kier molecular flexibility index (Phi) is 5.89. The van der Waals surface area contributed by atoms with Crippen LogP contribution in [-0.4, -0.2) is 29.9 Å². The van der Waals surface area contributed by atoms with Crippen molar-refractivity contribution in [3.05, 3.63) is 65.7 Å². The first-order valence-electron chi connectivity index (χ1n) is 9.06. The largest absolute Gasteiger partial charge is 0.352 e. The molecule has 3 amide bonds. The van der Waals surface area contributed by atoms with Crippen LogP contribution in [0.3, 0.4) is 0 Å². The summed E-state index contributed by atoms with van der Waals surface area (Å²) in [6, 6.07) is 17.3. The van der Waals surface area contributed by atoms with Gasteiger partial charge in [0.25, 0.3) is 0 Å². The maximum atomic E-state index is 12.5. The van der Waals surface area contributed by atoms with Crippen LogP contribution >= 0.6 is 0 Å². The highest BCUT2D eigenvalue weighted by atomic mass is 16.2. The lowest BCUT2D eigenvalue weighted by molar-refractivity contribution is -0.126. The predicted molar refractivity (Wildman–Crippen MR) is 103 cm³/mol. The number of anilines is 1. The van der Waals surface area contributed by atoms with Crippen molar-refractivity contribution in [3.8, 4) is 0 Å². The molecule has 1 heterocycles. The Morgan fingerprint density at radius 2 is 1.81 bits per heavy atom. The molecule has 2 aromatic carbocycles. The Morgan fingerprint density at radius 1 is 1.08 bits per heavy atom. The number of nitrogens with one attached hydrogen (secondary N) is 2.